The number of nitrogens with zero attached hydrogens (tertiary/aromatic N) is 1. The van der Waals surface area contributed by atoms with Crippen molar-refractivity contribution in [2.75, 3.05) is 13.1 Å². The molecule has 0 spiro atoms. The lowest BCUT2D eigenvalue weighted by Crippen LogP contribution is -2.44. The molecular weight excluding hydrogens is 216 g/mol. The van der Waals surface area contributed by atoms with Crippen molar-refractivity contribution in [1.82, 2.24) is 4.31 Å². The lowest BCUT2D eigenvalue weighted by Gasteiger charge is -2.23. The standard InChI is InChI=1S/C9H20N2O3S/c1-4-6-11(7-5-2)15(13,14)8(3)9(10)12/h8H,4-7H2,1-3H3,(H2,10,12). The van der Waals surface area contributed by atoms with E-state index in [2.05, 4.69) is 0 Å². The van der Waals surface area contributed by atoms with Gasteiger partial charge in [-0.2, -0.15) is 0 Å². The minimum absolute atomic E-state index is 0.438. The summed E-state index contributed by atoms with van der Waals surface area (Å²) in [6.45, 7) is 6.00. The molecule has 90 valence electrons. The number of amides is 1. The SMILES string of the molecule is CCCN(CCC)S(=O)(=O)C(C)C(N)=O. The van der Waals surface area contributed by atoms with Crippen molar-refractivity contribution in [3.63, 3.8) is 0 Å². The smallest absolute Gasteiger partial charge is 0.236 e. The zero-order valence-electron chi connectivity index (χ0n) is 9.56. The molecule has 0 radical (unpaired) electrons. The van der Waals surface area contributed by atoms with Crippen molar-refractivity contribution in [2.24, 2.45) is 5.73 Å². The first-order chi connectivity index (χ1) is 6.87. The third-order valence-corrected chi connectivity index (χ3v) is 4.36. The molecule has 0 saturated heterocycles. The van der Waals surface area contributed by atoms with E-state index in [4.69, 9.17) is 5.73 Å². The van der Waals surface area contributed by atoms with Gasteiger partial charge >= 0.3 is 0 Å². The van der Waals surface area contributed by atoms with Gasteiger partial charge in [-0.3, -0.25) is 4.79 Å². The molecule has 0 heterocycles. The van der Waals surface area contributed by atoms with Gasteiger partial charge in [-0.1, -0.05) is 13.8 Å². The molecule has 0 aromatic heterocycles. The van der Waals surface area contributed by atoms with Crippen molar-refractivity contribution in [1.29, 1.82) is 0 Å². The highest BCUT2D eigenvalue weighted by Gasteiger charge is 2.31. The summed E-state index contributed by atoms with van der Waals surface area (Å²) in [4.78, 5) is 10.9. The van der Waals surface area contributed by atoms with Crippen molar-refractivity contribution >= 4 is 15.9 Å². The van der Waals surface area contributed by atoms with Gasteiger partial charge in [0.1, 0.15) is 0 Å². The van der Waals surface area contributed by atoms with E-state index in [0.717, 1.165) is 12.8 Å². The molecule has 5 nitrogen and oxygen atoms in total. The maximum Gasteiger partial charge on any atom is 0.236 e. The average molecular weight is 236 g/mol. The molecule has 0 aromatic rings. The van der Waals surface area contributed by atoms with Crippen LogP contribution in [0, 0.1) is 0 Å². The van der Waals surface area contributed by atoms with Crippen LogP contribution in [0.4, 0.5) is 0 Å². The average Bonchev–Trinajstić information content (AvgIpc) is 2.16. The van der Waals surface area contributed by atoms with E-state index in [1.54, 1.807) is 0 Å². The number of hydrogen-bond acceptors (Lipinski definition) is 3. The van der Waals surface area contributed by atoms with E-state index in [-0.39, 0.29) is 0 Å². The summed E-state index contributed by atoms with van der Waals surface area (Å²) in [5.41, 5.74) is 5.01. The van der Waals surface area contributed by atoms with Crippen LogP contribution in [-0.4, -0.2) is 37.0 Å². The summed E-state index contributed by atoms with van der Waals surface area (Å²) in [5, 5.41) is -1.14. The monoisotopic (exact) mass is 236 g/mol. The van der Waals surface area contributed by atoms with Crippen LogP contribution in [0.25, 0.3) is 0 Å². The fourth-order valence-corrected chi connectivity index (χ4v) is 2.85. The van der Waals surface area contributed by atoms with Gasteiger partial charge in [0.25, 0.3) is 0 Å². The second-order valence-electron chi connectivity index (χ2n) is 3.49. The Bertz CT molecular complexity index is 294. The minimum atomic E-state index is -3.57. The Morgan fingerprint density at radius 1 is 1.27 bits per heavy atom. The fraction of sp³-hybridized carbons (Fsp3) is 0.889. The Morgan fingerprint density at radius 2 is 1.67 bits per heavy atom. The van der Waals surface area contributed by atoms with E-state index in [1.807, 2.05) is 13.8 Å². The number of nitrogens with two attached hydrogens (primary N) is 1. The zero-order valence-corrected chi connectivity index (χ0v) is 10.4. The summed E-state index contributed by atoms with van der Waals surface area (Å²) < 4.78 is 25.1. The second kappa shape index (κ2) is 6.07. The van der Waals surface area contributed by atoms with Gasteiger partial charge in [-0.25, -0.2) is 12.7 Å². The van der Waals surface area contributed by atoms with E-state index < -0.39 is 21.2 Å². The first-order valence-corrected chi connectivity index (χ1v) is 6.66. The van der Waals surface area contributed by atoms with Crippen LogP contribution in [0.15, 0.2) is 0 Å². The largest absolute Gasteiger partial charge is 0.369 e. The lowest BCUT2D eigenvalue weighted by molar-refractivity contribution is -0.117. The quantitative estimate of drug-likeness (QED) is 0.691. The molecule has 0 rings (SSSR count). The number of primary amides is 1. The molecule has 0 fully saturated rings. The Kier molecular flexibility index (Phi) is 5.82. The van der Waals surface area contributed by atoms with Crippen molar-refractivity contribution in [3.8, 4) is 0 Å². The van der Waals surface area contributed by atoms with Gasteiger partial charge in [-0.05, 0) is 19.8 Å². The summed E-state index contributed by atoms with van der Waals surface area (Å²) in [6.07, 6.45) is 1.45. The van der Waals surface area contributed by atoms with Gasteiger partial charge in [0, 0.05) is 13.1 Å². The minimum Gasteiger partial charge on any atom is -0.369 e. The predicted octanol–water partition coefficient (Wildman–Crippen LogP) is 0.312. The summed E-state index contributed by atoms with van der Waals surface area (Å²) in [5.74, 6) is -0.799. The van der Waals surface area contributed by atoms with Crippen LogP contribution in [0.5, 0.6) is 0 Å². The van der Waals surface area contributed by atoms with Crippen LogP contribution in [0.3, 0.4) is 0 Å². The maximum atomic E-state index is 11.9. The predicted molar refractivity (Wildman–Crippen MR) is 59.7 cm³/mol. The van der Waals surface area contributed by atoms with Gasteiger partial charge in [0.05, 0.1) is 0 Å². The van der Waals surface area contributed by atoms with Crippen LogP contribution in [0.1, 0.15) is 33.6 Å². The zero-order chi connectivity index (χ0) is 12.1. The third kappa shape index (κ3) is 3.79. The molecule has 1 atom stereocenters. The Hall–Kier alpha value is -0.620. The molecule has 0 saturated carbocycles. The van der Waals surface area contributed by atoms with Crippen molar-refractivity contribution in [3.05, 3.63) is 0 Å². The topological polar surface area (TPSA) is 80.5 Å². The fourth-order valence-electron chi connectivity index (χ4n) is 1.24. The molecule has 1 unspecified atom stereocenters. The van der Waals surface area contributed by atoms with Crippen LogP contribution < -0.4 is 5.73 Å². The van der Waals surface area contributed by atoms with Crippen LogP contribution in [0.2, 0.25) is 0 Å². The Morgan fingerprint density at radius 3 is 1.93 bits per heavy atom. The van der Waals surface area contributed by atoms with E-state index in [1.165, 1.54) is 11.2 Å². The second-order valence-corrected chi connectivity index (χ2v) is 5.74. The number of carbonyl (C=O) groups is 1. The number of carbonyl (C=O) groups excluding carboxylic acids is 1. The first kappa shape index (κ1) is 14.4. The highest BCUT2D eigenvalue weighted by Crippen LogP contribution is 2.10. The summed E-state index contributed by atoms with van der Waals surface area (Å²) in [7, 11) is -3.57. The number of hydrogen-bond donors (Lipinski definition) is 1. The normalized spacial score (nSPS) is 14.1. The molecule has 0 aliphatic heterocycles. The molecule has 2 N–H and O–H groups in total. The highest BCUT2D eigenvalue weighted by molar-refractivity contribution is 7.90. The molecule has 6 heteroatoms. The summed E-state index contributed by atoms with van der Waals surface area (Å²) in [6, 6.07) is 0. The van der Waals surface area contributed by atoms with Crippen LogP contribution in [-0.2, 0) is 14.8 Å². The first-order valence-electron chi connectivity index (χ1n) is 5.16. The molecule has 0 aromatic carbocycles. The molecule has 15 heavy (non-hydrogen) atoms. The van der Waals surface area contributed by atoms with Crippen LogP contribution >= 0.6 is 0 Å². The lowest BCUT2D eigenvalue weighted by atomic mass is 10.4. The molecule has 0 bridgehead atoms. The third-order valence-electron chi connectivity index (χ3n) is 2.15. The molecule has 1 amide bonds. The Balaban J connectivity index is 4.85. The highest BCUT2D eigenvalue weighted by atomic mass is 32.2. The molecular formula is C9H20N2O3S. The van der Waals surface area contributed by atoms with Gasteiger partial charge in [0.2, 0.25) is 15.9 Å². The van der Waals surface area contributed by atoms with E-state index in [9.17, 15) is 13.2 Å². The van der Waals surface area contributed by atoms with Gasteiger partial charge < -0.3 is 5.73 Å². The number of sulfonamides is 1. The van der Waals surface area contributed by atoms with Crippen molar-refractivity contribution < 1.29 is 13.2 Å². The van der Waals surface area contributed by atoms with E-state index >= 15 is 0 Å². The molecule has 0 aliphatic carbocycles. The number of rotatable bonds is 7. The van der Waals surface area contributed by atoms with Gasteiger partial charge in [-0.15, -0.1) is 0 Å². The summed E-state index contributed by atoms with van der Waals surface area (Å²) >= 11 is 0. The maximum absolute atomic E-state index is 11.9. The van der Waals surface area contributed by atoms with Gasteiger partial charge in [0.15, 0.2) is 5.25 Å². The Labute approximate surface area is 91.7 Å². The van der Waals surface area contributed by atoms with Crippen molar-refractivity contribution in [2.45, 2.75) is 38.9 Å². The molecule has 0 aliphatic rings. The van der Waals surface area contributed by atoms with E-state index in [0.29, 0.717) is 13.1 Å².